The molecule has 0 amide bonds. The second-order valence-electron chi connectivity index (χ2n) is 4.31. The van der Waals surface area contributed by atoms with Crippen LogP contribution >= 0.6 is 11.3 Å². The molecule has 0 spiro atoms. The predicted molar refractivity (Wildman–Crippen MR) is 80.6 cm³/mol. The Balaban J connectivity index is 2.23. The smallest absolute Gasteiger partial charge is 0.293 e. The van der Waals surface area contributed by atoms with Gasteiger partial charge in [0.1, 0.15) is 5.69 Å². The number of sulfonamides is 1. The summed E-state index contributed by atoms with van der Waals surface area (Å²) >= 11 is 1.48. The van der Waals surface area contributed by atoms with Crippen molar-refractivity contribution in [2.24, 2.45) is 0 Å². The third-order valence-corrected chi connectivity index (χ3v) is 5.14. The molecule has 0 radical (unpaired) electrons. The van der Waals surface area contributed by atoms with Gasteiger partial charge in [0, 0.05) is 22.4 Å². The van der Waals surface area contributed by atoms with Crippen LogP contribution in [0.5, 0.6) is 0 Å². The van der Waals surface area contributed by atoms with Gasteiger partial charge in [0.25, 0.3) is 5.69 Å². The predicted octanol–water partition coefficient (Wildman–Crippen LogP) is 2.03. The lowest BCUT2D eigenvalue weighted by molar-refractivity contribution is -0.384. The number of nitrogens with one attached hydrogen (secondary N) is 1. The van der Waals surface area contributed by atoms with E-state index in [-0.39, 0.29) is 17.1 Å². The van der Waals surface area contributed by atoms with E-state index >= 15 is 0 Å². The molecule has 9 heteroatoms. The third kappa shape index (κ3) is 3.57. The van der Waals surface area contributed by atoms with Crippen LogP contribution in [0.2, 0.25) is 0 Å². The van der Waals surface area contributed by atoms with E-state index in [1.165, 1.54) is 23.5 Å². The van der Waals surface area contributed by atoms with Gasteiger partial charge in [-0.25, -0.2) is 13.1 Å². The number of rotatable bonds is 5. The Kier molecular flexibility index (Phi) is 4.26. The summed E-state index contributed by atoms with van der Waals surface area (Å²) in [6.45, 7) is 2.06. The highest BCUT2D eigenvalue weighted by atomic mass is 32.2. The number of hydrogen-bond donors (Lipinski definition) is 2. The van der Waals surface area contributed by atoms with E-state index in [4.69, 9.17) is 5.73 Å². The van der Waals surface area contributed by atoms with Gasteiger partial charge in [0.2, 0.25) is 10.0 Å². The van der Waals surface area contributed by atoms with Crippen LogP contribution in [0.4, 0.5) is 11.4 Å². The zero-order valence-electron chi connectivity index (χ0n) is 11.1. The first-order chi connectivity index (χ1) is 9.79. The Morgan fingerprint density at radius 3 is 2.62 bits per heavy atom. The molecule has 0 bridgehead atoms. The summed E-state index contributed by atoms with van der Waals surface area (Å²) in [5.74, 6) is 0. The van der Waals surface area contributed by atoms with Gasteiger partial charge in [-0.2, -0.15) is 0 Å². The molecule has 7 nitrogen and oxygen atoms in total. The zero-order chi connectivity index (χ0) is 15.6. The van der Waals surface area contributed by atoms with Crippen LogP contribution in [0.15, 0.2) is 35.2 Å². The van der Waals surface area contributed by atoms with Crippen molar-refractivity contribution in [3.05, 3.63) is 50.2 Å². The first kappa shape index (κ1) is 15.4. The number of nitro benzene ring substituents is 1. The molecular formula is C12H13N3O4S2. The van der Waals surface area contributed by atoms with Gasteiger partial charge in [-0.1, -0.05) is 0 Å². The molecule has 0 aliphatic rings. The van der Waals surface area contributed by atoms with E-state index in [1.54, 1.807) is 0 Å². The molecule has 2 aromatic rings. The normalized spacial score (nSPS) is 11.5. The quantitative estimate of drug-likeness (QED) is 0.495. The fourth-order valence-corrected chi connectivity index (χ4v) is 3.63. The molecule has 1 aromatic carbocycles. The molecule has 0 fully saturated rings. The lowest BCUT2D eigenvalue weighted by atomic mass is 10.3. The van der Waals surface area contributed by atoms with Gasteiger partial charge in [-0.15, -0.1) is 11.3 Å². The minimum atomic E-state index is -3.83. The summed E-state index contributed by atoms with van der Waals surface area (Å²) in [6.07, 6.45) is 0. The molecule has 21 heavy (non-hydrogen) atoms. The van der Waals surface area contributed by atoms with E-state index in [0.29, 0.717) is 0 Å². The second kappa shape index (κ2) is 5.80. The number of nitrogens with two attached hydrogens (primary N) is 1. The van der Waals surface area contributed by atoms with Crippen molar-refractivity contribution in [2.45, 2.75) is 18.4 Å². The van der Waals surface area contributed by atoms with Crippen molar-refractivity contribution in [3.63, 3.8) is 0 Å². The van der Waals surface area contributed by atoms with Gasteiger partial charge in [0.15, 0.2) is 0 Å². The number of benzene rings is 1. The molecule has 1 aromatic heterocycles. The molecular weight excluding hydrogens is 314 g/mol. The Labute approximate surface area is 125 Å². The molecule has 0 unspecified atom stereocenters. The summed E-state index contributed by atoms with van der Waals surface area (Å²) < 4.78 is 26.7. The standard InChI is InChI=1S/C12H13N3O4S2/c1-8-2-3-9(20-8)7-14-21(18,19)10-4-5-11(13)12(6-10)15(16)17/h2-6,14H,7,13H2,1H3. The van der Waals surface area contributed by atoms with Crippen molar-refractivity contribution in [1.29, 1.82) is 0 Å². The Hall–Kier alpha value is -1.97. The zero-order valence-corrected chi connectivity index (χ0v) is 12.7. The number of nitro groups is 1. The maximum absolute atomic E-state index is 12.1. The van der Waals surface area contributed by atoms with Gasteiger partial charge < -0.3 is 5.73 Å². The molecule has 3 N–H and O–H groups in total. The van der Waals surface area contributed by atoms with E-state index in [1.807, 2.05) is 19.1 Å². The van der Waals surface area contributed by atoms with Crippen molar-refractivity contribution < 1.29 is 13.3 Å². The molecule has 0 saturated carbocycles. The number of aryl methyl sites for hydroxylation is 1. The summed E-state index contributed by atoms with van der Waals surface area (Å²) in [5.41, 5.74) is 4.94. The van der Waals surface area contributed by atoms with Crippen LogP contribution in [0, 0.1) is 17.0 Å². The van der Waals surface area contributed by atoms with Crippen LogP contribution in [0.3, 0.4) is 0 Å². The summed E-state index contributed by atoms with van der Waals surface area (Å²) in [7, 11) is -3.83. The van der Waals surface area contributed by atoms with Crippen LogP contribution in [-0.2, 0) is 16.6 Å². The SMILES string of the molecule is Cc1ccc(CNS(=O)(=O)c2ccc(N)c([N+](=O)[O-])c2)s1. The molecule has 0 saturated heterocycles. The average molecular weight is 327 g/mol. The largest absolute Gasteiger partial charge is 0.393 e. The molecule has 2 rings (SSSR count). The highest BCUT2D eigenvalue weighted by Crippen LogP contribution is 2.25. The van der Waals surface area contributed by atoms with Gasteiger partial charge >= 0.3 is 0 Å². The Bertz CT molecular complexity index is 784. The molecule has 112 valence electrons. The van der Waals surface area contributed by atoms with Crippen molar-refractivity contribution >= 4 is 32.7 Å². The molecule has 1 heterocycles. The average Bonchev–Trinajstić information content (AvgIpc) is 2.82. The van der Waals surface area contributed by atoms with E-state index < -0.39 is 20.6 Å². The number of nitrogens with zero attached hydrogens (tertiary/aromatic N) is 1. The minimum Gasteiger partial charge on any atom is -0.393 e. The van der Waals surface area contributed by atoms with Crippen LogP contribution in [-0.4, -0.2) is 13.3 Å². The number of thiophene rings is 1. The van der Waals surface area contributed by atoms with Crippen molar-refractivity contribution in [3.8, 4) is 0 Å². The second-order valence-corrected chi connectivity index (χ2v) is 7.45. The lowest BCUT2D eigenvalue weighted by Crippen LogP contribution is -2.23. The van der Waals surface area contributed by atoms with Gasteiger partial charge in [-0.05, 0) is 31.2 Å². The first-order valence-corrected chi connectivity index (χ1v) is 8.18. The van der Waals surface area contributed by atoms with Crippen molar-refractivity contribution in [2.75, 3.05) is 5.73 Å². The van der Waals surface area contributed by atoms with Gasteiger partial charge in [0.05, 0.1) is 9.82 Å². The summed E-state index contributed by atoms with van der Waals surface area (Å²) in [4.78, 5) is 11.8. The van der Waals surface area contributed by atoms with Crippen LogP contribution in [0.1, 0.15) is 9.75 Å². The van der Waals surface area contributed by atoms with Crippen molar-refractivity contribution in [1.82, 2.24) is 4.72 Å². The summed E-state index contributed by atoms with van der Waals surface area (Å²) in [6, 6.07) is 7.12. The van der Waals surface area contributed by atoms with Crippen LogP contribution in [0.25, 0.3) is 0 Å². The third-order valence-electron chi connectivity index (χ3n) is 2.74. The fraction of sp³-hybridized carbons (Fsp3) is 0.167. The Morgan fingerprint density at radius 1 is 1.33 bits per heavy atom. The lowest BCUT2D eigenvalue weighted by Gasteiger charge is -2.06. The maximum atomic E-state index is 12.1. The van der Waals surface area contributed by atoms with E-state index in [0.717, 1.165) is 15.8 Å². The first-order valence-electron chi connectivity index (χ1n) is 5.88. The van der Waals surface area contributed by atoms with Gasteiger partial charge in [-0.3, -0.25) is 10.1 Å². The highest BCUT2D eigenvalue weighted by Gasteiger charge is 2.20. The molecule has 0 aliphatic heterocycles. The fourth-order valence-electron chi connectivity index (χ4n) is 1.68. The highest BCUT2D eigenvalue weighted by molar-refractivity contribution is 7.89. The minimum absolute atomic E-state index is 0.0761. The molecule has 0 atom stereocenters. The topological polar surface area (TPSA) is 115 Å². The van der Waals surface area contributed by atoms with Crippen LogP contribution < -0.4 is 10.5 Å². The summed E-state index contributed by atoms with van der Waals surface area (Å²) in [5, 5.41) is 10.8. The van der Waals surface area contributed by atoms with E-state index in [9.17, 15) is 18.5 Å². The van der Waals surface area contributed by atoms with E-state index in [2.05, 4.69) is 4.72 Å². The number of anilines is 1. The monoisotopic (exact) mass is 327 g/mol. The number of nitrogen functional groups attached to an aromatic ring is 1. The molecule has 0 aliphatic carbocycles. The Morgan fingerprint density at radius 2 is 2.05 bits per heavy atom. The number of hydrogen-bond acceptors (Lipinski definition) is 6. The maximum Gasteiger partial charge on any atom is 0.293 e.